The minimum absolute atomic E-state index is 0.380. The molecule has 0 aromatic carbocycles. The molecule has 0 aliphatic heterocycles. The lowest BCUT2D eigenvalue weighted by atomic mass is 10.1. The molecule has 86 valence electrons. The SMILES string of the molecule is CCCCCCCC(F)CC[SiH](C)[SiH3]. The summed E-state index contributed by atoms with van der Waals surface area (Å²) in [4.78, 5) is 0. The second-order valence-electron chi connectivity index (χ2n) is 4.77. The summed E-state index contributed by atoms with van der Waals surface area (Å²) in [5.74, 6) is 0. The van der Waals surface area contributed by atoms with E-state index in [1.165, 1.54) is 41.5 Å². The van der Waals surface area contributed by atoms with E-state index in [1.807, 2.05) is 0 Å². The number of rotatable bonds is 9. The van der Waals surface area contributed by atoms with Crippen molar-refractivity contribution >= 4 is 18.1 Å². The highest BCUT2D eigenvalue weighted by atomic mass is 29.1. The maximum atomic E-state index is 13.3. The highest BCUT2D eigenvalue weighted by Crippen LogP contribution is 2.14. The van der Waals surface area contributed by atoms with Crippen molar-refractivity contribution in [2.75, 3.05) is 0 Å². The van der Waals surface area contributed by atoms with Crippen LogP contribution >= 0.6 is 0 Å². The quantitative estimate of drug-likeness (QED) is 0.425. The molecule has 0 saturated carbocycles. The zero-order valence-electron chi connectivity index (χ0n) is 10.2. The third-order valence-corrected chi connectivity index (χ3v) is 5.90. The molecule has 0 aliphatic carbocycles. The van der Waals surface area contributed by atoms with Crippen LogP contribution in [-0.2, 0) is 0 Å². The molecule has 0 rings (SSSR count). The van der Waals surface area contributed by atoms with Crippen LogP contribution in [0, 0.1) is 0 Å². The Bertz CT molecular complexity index is 118. The second-order valence-corrected chi connectivity index (χ2v) is 14.1. The average Bonchev–Trinajstić information content (AvgIpc) is 2.14. The Morgan fingerprint density at radius 1 is 1.14 bits per heavy atom. The van der Waals surface area contributed by atoms with Gasteiger partial charge in [-0.05, 0) is 22.6 Å². The van der Waals surface area contributed by atoms with Crippen LogP contribution in [0.3, 0.4) is 0 Å². The fraction of sp³-hybridized carbons (Fsp3) is 1.00. The third kappa shape index (κ3) is 10.4. The van der Waals surface area contributed by atoms with E-state index < -0.39 is 6.17 Å². The van der Waals surface area contributed by atoms with Gasteiger partial charge < -0.3 is 0 Å². The van der Waals surface area contributed by atoms with E-state index >= 15 is 0 Å². The van der Waals surface area contributed by atoms with Gasteiger partial charge in [0.05, 0.1) is 6.17 Å². The zero-order valence-corrected chi connectivity index (χ0v) is 13.3. The van der Waals surface area contributed by atoms with E-state index in [-0.39, 0.29) is 8.31 Å². The van der Waals surface area contributed by atoms with E-state index in [4.69, 9.17) is 0 Å². The Morgan fingerprint density at radius 2 is 1.79 bits per heavy atom. The third-order valence-electron chi connectivity index (χ3n) is 2.68. The van der Waals surface area contributed by atoms with Gasteiger partial charge in [-0.25, -0.2) is 4.39 Å². The molecule has 2 unspecified atom stereocenters. The molecule has 0 aromatic heterocycles. The summed E-state index contributed by atoms with van der Waals surface area (Å²) in [5.41, 5.74) is 0. The molecule has 2 atom stereocenters. The van der Waals surface area contributed by atoms with Gasteiger partial charge >= 0.3 is 0 Å². The van der Waals surface area contributed by atoms with Crippen LogP contribution in [0.2, 0.25) is 12.6 Å². The fourth-order valence-electron chi connectivity index (χ4n) is 1.63. The standard InChI is InChI=1S/C11H27FSi2/c1-3-4-5-6-7-8-11(12)9-10-14(2)13/h11,14H,3-10H2,1-2,13H3. The van der Waals surface area contributed by atoms with Crippen LogP contribution in [0.15, 0.2) is 0 Å². The van der Waals surface area contributed by atoms with Gasteiger partial charge in [0.1, 0.15) is 0 Å². The van der Waals surface area contributed by atoms with Gasteiger partial charge in [0.15, 0.2) is 0 Å². The van der Waals surface area contributed by atoms with E-state index in [0.717, 1.165) is 19.3 Å². The van der Waals surface area contributed by atoms with Gasteiger partial charge in [-0.15, -0.1) is 0 Å². The van der Waals surface area contributed by atoms with E-state index in [2.05, 4.69) is 13.5 Å². The molecular formula is C11H27FSi2. The Labute approximate surface area is 93.5 Å². The van der Waals surface area contributed by atoms with Crippen LogP contribution in [0.25, 0.3) is 0 Å². The largest absolute Gasteiger partial charge is 0.248 e. The molecule has 0 radical (unpaired) electrons. The predicted molar refractivity (Wildman–Crippen MR) is 70.6 cm³/mol. The lowest BCUT2D eigenvalue weighted by Crippen LogP contribution is -2.10. The van der Waals surface area contributed by atoms with Crippen molar-refractivity contribution in [3.05, 3.63) is 0 Å². The lowest BCUT2D eigenvalue weighted by molar-refractivity contribution is 0.296. The highest BCUT2D eigenvalue weighted by Gasteiger charge is 2.07. The Balaban J connectivity index is 3.14. The van der Waals surface area contributed by atoms with Crippen molar-refractivity contribution in [2.45, 2.75) is 70.6 Å². The van der Waals surface area contributed by atoms with Gasteiger partial charge in [-0.1, -0.05) is 51.6 Å². The van der Waals surface area contributed by atoms with Crippen molar-refractivity contribution in [2.24, 2.45) is 0 Å². The summed E-state index contributed by atoms with van der Waals surface area (Å²) in [5, 5.41) is 0. The van der Waals surface area contributed by atoms with Crippen molar-refractivity contribution in [1.82, 2.24) is 0 Å². The molecule has 0 nitrogen and oxygen atoms in total. The maximum Gasteiger partial charge on any atom is 0.0998 e. The Kier molecular flexibility index (Phi) is 10.2. The van der Waals surface area contributed by atoms with Crippen LogP contribution < -0.4 is 0 Å². The van der Waals surface area contributed by atoms with Crippen LogP contribution in [-0.4, -0.2) is 24.2 Å². The second kappa shape index (κ2) is 9.90. The number of halogens is 1. The first kappa shape index (κ1) is 14.4. The summed E-state index contributed by atoms with van der Waals surface area (Å²) >= 11 is 0. The molecule has 0 bridgehead atoms. The summed E-state index contributed by atoms with van der Waals surface area (Å²) in [6.45, 7) is 4.58. The maximum absolute atomic E-state index is 13.3. The highest BCUT2D eigenvalue weighted by molar-refractivity contribution is 7.02. The number of hydrogen-bond acceptors (Lipinski definition) is 0. The van der Waals surface area contributed by atoms with Gasteiger partial charge in [0.2, 0.25) is 0 Å². The van der Waals surface area contributed by atoms with Gasteiger partial charge in [0.25, 0.3) is 0 Å². The summed E-state index contributed by atoms with van der Waals surface area (Å²) in [7, 11) is 0.973. The van der Waals surface area contributed by atoms with Crippen molar-refractivity contribution in [1.29, 1.82) is 0 Å². The van der Waals surface area contributed by atoms with Gasteiger partial charge in [0, 0.05) is 8.31 Å². The van der Waals surface area contributed by atoms with E-state index in [9.17, 15) is 4.39 Å². The number of alkyl halides is 1. The van der Waals surface area contributed by atoms with Gasteiger partial charge in [-0.2, -0.15) is 0 Å². The average molecular weight is 235 g/mol. The first-order valence-electron chi connectivity index (χ1n) is 6.30. The zero-order chi connectivity index (χ0) is 10.8. The molecule has 0 N–H and O–H groups in total. The molecule has 0 heterocycles. The topological polar surface area (TPSA) is 0 Å². The van der Waals surface area contributed by atoms with Gasteiger partial charge in [-0.3, -0.25) is 0 Å². The molecule has 0 saturated heterocycles. The molecule has 14 heavy (non-hydrogen) atoms. The molecule has 0 amide bonds. The van der Waals surface area contributed by atoms with Crippen LogP contribution in [0.1, 0.15) is 51.9 Å². The number of hydrogen-bond donors (Lipinski definition) is 0. The molecule has 3 heteroatoms. The summed E-state index contributed by atoms with van der Waals surface area (Å²) < 4.78 is 13.3. The molecule has 0 aliphatic rings. The smallest absolute Gasteiger partial charge is 0.0998 e. The summed E-state index contributed by atoms with van der Waals surface area (Å²) in [6.07, 6.45) is 7.46. The first-order valence-corrected chi connectivity index (χ1v) is 12.9. The fourth-order valence-corrected chi connectivity index (χ4v) is 3.66. The Morgan fingerprint density at radius 3 is 2.36 bits per heavy atom. The molecule has 0 spiro atoms. The van der Waals surface area contributed by atoms with E-state index in [0.29, 0.717) is 0 Å². The minimum atomic E-state index is -0.486. The normalized spacial score (nSPS) is 15.6. The van der Waals surface area contributed by atoms with Crippen molar-refractivity contribution in [3.8, 4) is 0 Å². The molecule has 0 aromatic rings. The van der Waals surface area contributed by atoms with Crippen molar-refractivity contribution in [3.63, 3.8) is 0 Å². The van der Waals surface area contributed by atoms with Crippen LogP contribution in [0.4, 0.5) is 4.39 Å². The monoisotopic (exact) mass is 234 g/mol. The van der Waals surface area contributed by atoms with Crippen LogP contribution in [0.5, 0.6) is 0 Å². The first-order chi connectivity index (χ1) is 6.66. The minimum Gasteiger partial charge on any atom is -0.248 e. The summed E-state index contributed by atoms with van der Waals surface area (Å²) in [6, 6.07) is 1.24. The molecule has 0 fully saturated rings. The lowest BCUT2D eigenvalue weighted by Gasteiger charge is -2.08. The van der Waals surface area contributed by atoms with E-state index in [1.54, 1.807) is 0 Å². The molecular weight excluding hydrogens is 207 g/mol. The Hall–Kier alpha value is 0.364. The predicted octanol–water partition coefficient (Wildman–Crippen LogP) is 2.79. The van der Waals surface area contributed by atoms with Crippen molar-refractivity contribution < 1.29 is 4.39 Å². The number of unbranched alkanes of at least 4 members (excludes halogenated alkanes) is 4.